The molecule has 118 valence electrons. The maximum Gasteiger partial charge on any atom is 0.303 e. The number of rotatable bonds is 6. The van der Waals surface area contributed by atoms with Crippen molar-refractivity contribution in [2.75, 3.05) is 0 Å². The second-order valence-electron chi connectivity index (χ2n) is 5.85. The summed E-state index contributed by atoms with van der Waals surface area (Å²) in [6.07, 6.45) is 1.80. The fraction of sp³-hybridized carbons (Fsp3) is 0.263. The van der Waals surface area contributed by atoms with Gasteiger partial charge < -0.3 is 10.2 Å². The zero-order valence-electron chi connectivity index (χ0n) is 12.7. The SMILES string of the molecule is O=C(O)CCc1ccc2c(c1CCC(=O)O)Cc1ccccc1-2. The number of benzene rings is 2. The third-order valence-corrected chi connectivity index (χ3v) is 4.40. The van der Waals surface area contributed by atoms with E-state index in [1.807, 2.05) is 24.3 Å². The van der Waals surface area contributed by atoms with Gasteiger partial charge in [0.05, 0.1) is 0 Å². The Morgan fingerprint density at radius 2 is 1.57 bits per heavy atom. The Morgan fingerprint density at radius 3 is 2.30 bits per heavy atom. The Bertz CT molecular complexity index is 777. The molecule has 0 aliphatic heterocycles. The molecular formula is C19H18O4. The smallest absolute Gasteiger partial charge is 0.303 e. The highest BCUT2D eigenvalue weighted by Crippen LogP contribution is 2.39. The fourth-order valence-electron chi connectivity index (χ4n) is 3.34. The first-order chi connectivity index (χ1) is 11.1. The van der Waals surface area contributed by atoms with Crippen LogP contribution < -0.4 is 0 Å². The van der Waals surface area contributed by atoms with Crippen LogP contribution in [0.1, 0.15) is 35.1 Å². The average molecular weight is 310 g/mol. The van der Waals surface area contributed by atoms with E-state index in [1.54, 1.807) is 0 Å². The van der Waals surface area contributed by atoms with Gasteiger partial charge in [0.2, 0.25) is 0 Å². The molecule has 0 unspecified atom stereocenters. The number of aliphatic carboxylic acids is 2. The molecule has 2 aromatic carbocycles. The molecule has 1 aliphatic carbocycles. The van der Waals surface area contributed by atoms with E-state index in [9.17, 15) is 9.59 Å². The molecule has 0 spiro atoms. The van der Waals surface area contributed by atoms with Crippen molar-refractivity contribution in [3.05, 3.63) is 58.7 Å². The molecule has 0 saturated carbocycles. The van der Waals surface area contributed by atoms with Gasteiger partial charge in [-0.2, -0.15) is 0 Å². The number of carboxylic acid groups (broad SMARTS) is 2. The van der Waals surface area contributed by atoms with Crippen LogP contribution in [0.5, 0.6) is 0 Å². The second-order valence-corrected chi connectivity index (χ2v) is 5.85. The predicted molar refractivity (Wildman–Crippen MR) is 86.6 cm³/mol. The monoisotopic (exact) mass is 310 g/mol. The Hall–Kier alpha value is -2.62. The summed E-state index contributed by atoms with van der Waals surface area (Å²) in [5, 5.41) is 17.9. The first-order valence-electron chi connectivity index (χ1n) is 7.71. The quantitative estimate of drug-likeness (QED) is 0.732. The summed E-state index contributed by atoms with van der Waals surface area (Å²) in [6, 6.07) is 12.2. The van der Waals surface area contributed by atoms with Gasteiger partial charge in [0, 0.05) is 12.8 Å². The lowest BCUT2D eigenvalue weighted by Crippen LogP contribution is -2.06. The summed E-state index contributed by atoms with van der Waals surface area (Å²) in [5.74, 6) is -1.67. The predicted octanol–water partition coefficient (Wildman–Crippen LogP) is 3.29. The minimum atomic E-state index is -0.835. The minimum absolute atomic E-state index is 0.0613. The molecule has 2 N–H and O–H groups in total. The number of fused-ring (bicyclic) bond motifs is 3. The van der Waals surface area contributed by atoms with Crippen molar-refractivity contribution in [3.8, 4) is 11.1 Å². The summed E-state index contributed by atoms with van der Waals surface area (Å²) >= 11 is 0. The zero-order chi connectivity index (χ0) is 16.4. The van der Waals surface area contributed by atoms with Gasteiger partial charge in [0.1, 0.15) is 0 Å². The maximum atomic E-state index is 11.0. The van der Waals surface area contributed by atoms with E-state index in [-0.39, 0.29) is 12.8 Å². The van der Waals surface area contributed by atoms with E-state index in [1.165, 1.54) is 11.1 Å². The van der Waals surface area contributed by atoms with Crippen LogP contribution in [0.25, 0.3) is 11.1 Å². The number of carbonyl (C=O) groups is 2. The van der Waals surface area contributed by atoms with E-state index in [4.69, 9.17) is 10.2 Å². The molecule has 0 amide bonds. The third kappa shape index (κ3) is 3.11. The Morgan fingerprint density at radius 1 is 0.870 bits per heavy atom. The van der Waals surface area contributed by atoms with Crippen LogP contribution in [0.4, 0.5) is 0 Å². The number of hydrogen-bond acceptors (Lipinski definition) is 2. The van der Waals surface area contributed by atoms with Crippen LogP contribution in [0.3, 0.4) is 0 Å². The normalized spacial score (nSPS) is 11.8. The van der Waals surface area contributed by atoms with Crippen molar-refractivity contribution in [1.29, 1.82) is 0 Å². The van der Waals surface area contributed by atoms with E-state index in [0.717, 1.165) is 28.7 Å². The molecule has 0 atom stereocenters. The molecule has 0 heterocycles. The molecular weight excluding hydrogens is 292 g/mol. The van der Waals surface area contributed by atoms with Crippen molar-refractivity contribution in [2.45, 2.75) is 32.1 Å². The van der Waals surface area contributed by atoms with Gasteiger partial charge in [0.15, 0.2) is 0 Å². The second kappa shape index (κ2) is 6.24. The lowest BCUT2D eigenvalue weighted by atomic mass is 9.91. The summed E-state index contributed by atoms with van der Waals surface area (Å²) in [7, 11) is 0. The van der Waals surface area contributed by atoms with E-state index in [0.29, 0.717) is 12.8 Å². The van der Waals surface area contributed by atoms with E-state index >= 15 is 0 Å². The maximum absolute atomic E-state index is 11.0. The minimum Gasteiger partial charge on any atom is -0.481 e. The molecule has 0 aromatic heterocycles. The molecule has 0 saturated heterocycles. The number of aryl methyl sites for hydroxylation is 1. The van der Waals surface area contributed by atoms with Crippen LogP contribution in [0.15, 0.2) is 36.4 Å². The van der Waals surface area contributed by atoms with Gasteiger partial charge in [-0.25, -0.2) is 0 Å². The summed E-state index contributed by atoms with van der Waals surface area (Å²) < 4.78 is 0. The van der Waals surface area contributed by atoms with Crippen molar-refractivity contribution < 1.29 is 19.8 Å². The summed E-state index contributed by atoms with van der Waals surface area (Å²) in [4.78, 5) is 21.8. The molecule has 0 radical (unpaired) electrons. The van der Waals surface area contributed by atoms with E-state index in [2.05, 4.69) is 12.1 Å². The third-order valence-electron chi connectivity index (χ3n) is 4.40. The Labute approximate surface area is 134 Å². The van der Waals surface area contributed by atoms with Crippen LogP contribution in [-0.2, 0) is 28.9 Å². The van der Waals surface area contributed by atoms with Gasteiger partial charge in [-0.1, -0.05) is 36.4 Å². The van der Waals surface area contributed by atoms with Gasteiger partial charge in [0.25, 0.3) is 0 Å². The first kappa shape index (κ1) is 15.3. The fourth-order valence-corrected chi connectivity index (χ4v) is 3.34. The molecule has 0 fully saturated rings. The van der Waals surface area contributed by atoms with E-state index < -0.39 is 11.9 Å². The Balaban J connectivity index is 2.01. The van der Waals surface area contributed by atoms with Crippen molar-refractivity contribution in [1.82, 2.24) is 0 Å². The van der Waals surface area contributed by atoms with Crippen molar-refractivity contribution in [3.63, 3.8) is 0 Å². The van der Waals surface area contributed by atoms with Crippen LogP contribution in [-0.4, -0.2) is 22.2 Å². The molecule has 4 nitrogen and oxygen atoms in total. The molecule has 23 heavy (non-hydrogen) atoms. The molecule has 4 heteroatoms. The average Bonchev–Trinajstić information content (AvgIpc) is 2.89. The first-order valence-corrected chi connectivity index (χ1v) is 7.71. The van der Waals surface area contributed by atoms with Crippen LogP contribution >= 0.6 is 0 Å². The molecule has 0 bridgehead atoms. The lowest BCUT2D eigenvalue weighted by molar-refractivity contribution is -0.138. The zero-order valence-corrected chi connectivity index (χ0v) is 12.7. The highest BCUT2D eigenvalue weighted by molar-refractivity contribution is 5.79. The topological polar surface area (TPSA) is 74.6 Å². The highest BCUT2D eigenvalue weighted by atomic mass is 16.4. The van der Waals surface area contributed by atoms with Crippen LogP contribution in [0, 0.1) is 0 Å². The van der Waals surface area contributed by atoms with Gasteiger partial charge in [-0.15, -0.1) is 0 Å². The molecule has 3 rings (SSSR count). The highest BCUT2D eigenvalue weighted by Gasteiger charge is 2.23. The summed E-state index contributed by atoms with van der Waals surface area (Å²) in [6.45, 7) is 0. The molecule has 1 aliphatic rings. The van der Waals surface area contributed by atoms with Gasteiger partial charge in [-0.3, -0.25) is 9.59 Å². The molecule has 2 aromatic rings. The van der Waals surface area contributed by atoms with Gasteiger partial charge in [-0.05, 0) is 52.6 Å². The number of hydrogen-bond donors (Lipinski definition) is 2. The van der Waals surface area contributed by atoms with Crippen molar-refractivity contribution >= 4 is 11.9 Å². The lowest BCUT2D eigenvalue weighted by Gasteiger charge is -2.14. The largest absolute Gasteiger partial charge is 0.481 e. The Kier molecular flexibility index (Phi) is 4.15. The number of carboxylic acids is 2. The standard InChI is InChI=1S/C19H18O4/c20-18(21)9-6-12-5-7-16-14-4-2-1-3-13(14)11-17(16)15(12)8-10-19(22)23/h1-5,7H,6,8-11H2,(H,20,21)(H,22,23). The summed E-state index contributed by atoms with van der Waals surface area (Å²) in [5.41, 5.74) is 6.73. The van der Waals surface area contributed by atoms with Gasteiger partial charge >= 0.3 is 11.9 Å². The van der Waals surface area contributed by atoms with Crippen LogP contribution in [0.2, 0.25) is 0 Å². The van der Waals surface area contributed by atoms with Crippen molar-refractivity contribution in [2.24, 2.45) is 0 Å².